The first-order valence-corrected chi connectivity index (χ1v) is 8.40. The number of carbonyl (C=O) groups excluding carboxylic acids is 1. The average Bonchev–Trinajstić information content (AvgIpc) is 3.34. The number of aromatic amines is 1. The highest BCUT2D eigenvalue weighted by Crippen LogP contribution is 2.33. The van der Waals surface area contributed by atoms with E-state index in [0.717, 1.165) is 35.1 Å². The fourth-order valence-corrected chi connectivity index (χ4v) is 3.33. The smallest absolute Gasteiger partial charge is 0.236 e. The molecule has 132 valence electrons. The van der Waals surface area contributed by atoms with Crippen LogP contribution in [0, 0.1) is 11.3 Å². The molecule has 0 bridgehead atoms. The molecule has 26 heavy (non-hydrogen) atoms. The van der Waals surface area contributed by atoms with Crippen LogP contribution in [0.2, 0.25) is 0 Å². The van der Waals surface area contributed by atoms with Gasteiger partial charge in [-0.05, 0) is 18.9 Å². The highest BCUT2D eigenvalue weighted by atomic mass is 16.5. The number of hydrogen-bond donors (Lipinski definition) is 2. The van der Waals surface area contributed by atoms with Crippen molar-refractivity contribution in [1.82, 2.24) is 25.0 Å². The normalized spacial score (nSPS) is 17.2. The van der Waals surface area contributed by atoms with Gasteiger partial charge in [0, 0.05) is 36.9 Å². The molecular formula is C17H17N7O2. The second kappa shape index (κ2) is 6.84. The Morgan fingerprint density at radius 3 is 3.23 bits per heavy atom. The van der Waals surface area contributed by atoms with Crippen LogP contribution in [0.3, 0.4) is 0 Å². The van der Waals surface area contributed by atoms with E-state index in [1.54, 1.807) is 11.1 Å². The summed E-state index contributed by atoms with van der Waals surface area (Å²) in [5.41, 5.74) is 2.36. The Hall–Kier alpha value is -3.41. The van der Waals surface area contributed by atoms with Crippen LogP contribution >= 0.6 is 0 Å². The van der Waals surface area contributed by atoms with E-state index >= 15 is 0 Å². The van der Waals surface area contributed by atoms with Crippen LogP contribution in [-0.4, -0.2) is 50.0 Å². The van der Waals surface area contributed by atoms with Crippen molar-refractivity contribution in [2.75, 3.05) is 18.4 Å². The van der Waals surface area contributed by atoms with Gasteiger partial charge in [-0.3, -0.25) is 4.79 Å². The van der Waals surface area contributed by atoms with Crippen molar-refractivity contribution in [3.05, 3.63) is 24.9 Å². The number of nitriles is 1. The van der Waals surface area contributed by atoms with Gasteiger partial charge in [0.15, 0.2) is 0 Å². The molecule has 0 aromatic carbocycles. The minimum atomic E-state index is -0.126. The number of amides is 1. The van der Waals surface area contributed by atoms with Crippen LogP contribution < -0.4 is 5.32 Å². The number of nitrogens with zero attached hydrogens (tertiary/aromatic N) is 5. The number of piperidine rings is 1. The van der Waals surface area contributed by atoms with Gasteiger partial charge in [0.1, 0.15) is 12.1 Å². The van der Waals surface area contributed by atoms with Gasteiger partial charge in [0.2, 0.25) is 18.1 Å². The van der Waals surface area contributed by atoms with E-state index in [1.165, 1.54) is 6.39 Å². The minimum absolute atomic E-state index is 0.0672. The summed E-state index contributed by atoms with van der Waals surface area (Å²) in [6, 6.07) is 3.93. The molecule has 3 aromatic heterocycles. The minimum Gasteiger partial charge on any atom is -0.379 e. The number of fused-ring (bicyclic) bond motifs is 1. The highest BCUT2D eigenvalue weighted by Gasteiger charge is 2.25. The lowest BCUT2D eigenvalue weighted by molar-refractivity contribution is -0.131. The maximum Gasteiger partial charge on any atom is 0.236 e. The number of rotatable bonds is 4. The molecule has 9 nitrogen and oxygen atoms in total. The zero-order chi connectivity index (χ0) is 17.9. The maximum atomic E-state index is 12.0. The number of H-pyrrole nitrogens is 1. The Labute approximate surface area is 149 Å². The van der Waals surface area contributed by atoms with Crippen molar-refractivity contribution in [3.63, 3.8) is 0 Å². The van der Waals surface area contributed by atoms with E-state index in [2.05, 4.69) is 25.4 Å². The topological polar surface area (TPSA) is 124 Å². The van der Waals surface area contributed by atoms with Gasteiger partial charge in [0.05, 0.1) is 17.3 Å². The summed E-state index contributed by atoms with van der Waals surface area (Å²) >= 11 is 0. The first kappa shape index (κ1) is 16.1. The summed E-state index contributed by atoms with van der Waals surface area (Å²) in [4.78, 5) is 25.4. The van der Waals surface area contributed by atoms with Crippen LogP contribution in [-0.2, 0) is 4.79 Å². The number of pyridine rings is 1. The van der Waals surface area contributed by atoms with E-state index in [1.807, 2.05) is 18.3 Å². The zero-order valence-corrected chi connectivity index (χ0v) is 14.0. The zero-order valence-electron chi connectivity index (χ0n) is 14.0. The van der Waals surface area contributed by atoms with Crippen molar-refractivity contribution in [1.29, 1.82) is 5.26 Å². The molecule has 1 fully saturated rings. The third kappa shape index (κ3) is 2.97. The second-order valence-corrected chi connectivity index (χ2v) is 6.20. The largest absolute Gasteiger partial charge is 0.379 e. The monoisotopic (exact) mass is 351 g/mol. The van der Waals surface area contributed by atoms with E-state index in [0.29, 0.717) is 18.9 Å². The molecule has 0 radical (unpaired) electrons. The fraction of sp³-hybridized carbons (Fsp3) is 0.353. The van der Waals surface area contributed by atoms with E-state index < -0.39 is 0 Å². The van der Waals surface area contributed by atoms with Crippen molar-refractivity contribution < 1.29 is 9.32 Å². The van der Waals surface area contributed by atoms with E-state index in [9.17, 15) is 4.79 Å². The van der Waals surface area contributed by atoms with Gasteiger partial charge in [0.25, 0.3) is 0 Å². The van der Waals surface area contributed by atoms with Crippen LogP contribution in [0.1, 0.15) is 19.3 Å². The third-order valence-electron chi connectivity index (χ3n) is 4.54. The molecular weight excluding hydrogens is 334 g/mol. The molecule has 1 aliphatic heterocycles. The van der Waals surface area contributed by atoms with Gasteiger partial charge in [-0.1, -0.05) is 5.16 Å². The van der Waals surface area contributed by atoms with Gasteiger partial charge >= 0.3 is 0 Å². The summed E-state index contributed by atoms with van der Waals surface area (Å²) in [5.74, 6) is 0.329. The summed E-state index contributed by atoms with van der Waals surface area (Å²) in [6.07, 6.45) is 6.53. The first-order chi connectivity index (χ1) is 12.8. The molecule has 0 unspecified atom stereocenters. The number of anilines is 1. The lowest BCUT2D eigenvalue weighted by atomic mass is 10.0. The van der Waals surface area contributed by atoms with Crippen LogP contribution in [0.25, 0.3) is 22.4 Å². The summed E-state index contributed by atoms with van der Waals surface area (Å²) in [5, 5.41) is 17.1. The fourth-order valence-electron chi connectivity index (χ4n) is 3.33. The number of hydrogen-bond acceptors (Lipinski definition) is 7. The van der Waals surface area contributed by atoms with E-state index in [-0.39, 0.29) is 18.4 Å². The van der Waals surface area contributed by atoms with E-state index in [4.69, 9.17) is 9.78 Å². The molecule has 1 saturated heterocycles. The quantitative estimate of drug-likeness (QED) is 0.736. The summed E-state index contributed by atoms with van der Waals surface area (Å²) in [7, 11) is 0. The predicted octanol–water partition coefficient (Wildman–Crippen LogP) is 1.93. The number of likely N-dealkylation sites (tertiary alicyclic amines) is 1. The lowest BCUT2D eigenvalue weighted by Gasteiger charge is -2.33. The molecule has 0 saturated carbocycles. The molecule has 2 N–H and O–H groups in total. The third-order valence-corrected chi connectivity index (χ3v) is 4.54. The lowest BCUT2D eigenvalue weighted by Crippen LogP contribution is -2.45. The molecule has 4 heterocycles. The van der Waals surface area contributed by atoms with Gasteiger partial charge < -0.3 is 19.7 Å². The first-order valence-electron chi connectivity index (χ1n) is 8.40. The number of nitrogens with one attached hydrogen (secondary N) is 2. The molecule has 9 heteroatoms. The standard InChI is InChI=1S/C17H17N7O2/c18-5-3-14(25)24-7-1-2-11(9-24)22-15-12-4-6-19-16(12)20-8-13(15)17-21-10-26-23-17/h4,6,8,10-11H,1-3,7,9H2,(H2,19,20,22)/t11-/m1/s1. The Bertz CT molecular complexity index is 957. The van der Waals surface area contributed by atoms with Crippen molar-refractivity contribution in [2.45, 2.75) is 25.3 Å². The maximum absolute atomic E-state index is 12.0. The molecule has 1 aliphatic rings. The van der Waals surface area contributed by atoms with Crippen LogP contribution in [0.5, 0.6) is 0 Å². The highest BCUT2D eigenvalue weighted by molar-refractivity contribution is 5.97. The van der Waals surface area contributed by atoms with Crippen molar-refractivity contribution in [2.24, 2.45) is 0 Å². The van der Waals surface area contributed by atoms with Crippen molar-refractivity contribution >= 4 is 22.6 Å². The SMILES string of the molecule is N#CCC(=O)N1CCC[C@@H](Nc2c(-c3ncon3)cnc3[nH]ccc23)C1. The van der Waals surface area contributed by atoms with Crippen LogP contribution in [0.15, 0.2) is 29.4 Å². The van der Waals surface area contributed by atoms with Crippen molar-refractivity contribution in [3.8, 4) is 17.5 Å². The molecule has 1 atom stereocenters. The average molecular weight is 351 g/mol. The second-order valence-electron chi connectivity index (χ2n) is 6.20. The molecule has 1 amide bonds. The molecule has 3 aromatic rings. The summed E-state index contributed by atoms with van der Waals surface area (Å²) in [6.45, 7) is 1.24. The Balaban J connectivity index is 1.64. The number of carbonyl (C=O) groups is 1. The number of aromatic nitrogens is 4. The molecule has 0 spiro atoms. The van der Waals surface area contributed by atoms with Crippen LogP contribution in [0.4, 0.5) is 5.69 Å². The summed E-state index contributed by atoms with van der Waals surface area (Å²) < 4.78 is 4.87. The molecule has 0 aliphatic carbocycles. The Morgan fingerprint density at radius 2 is 2.42 bits per heavy atom. The Kier molecular flexibility index (Phi) is 4.23. The predicted molar refractivity (Wildman–Crippen MR) is 92.8 cm³/mol. The van der Waals surface area contributed by atoms with Gasteiger partial charge in [-0.2, -0.15) is 10.2 Å². The molecule has 4 rings (SSSR count). The van der Waals surface area contributed by atoms with Gasteiger partial charge in [-0.15, -0.1) is 0 Å². The van der Waals surface area contributed by atoms with Gasteiger partial charge in [-0.25, -0.2) is 4.98 Å². The Morgan fingerprint density at radius 1 is 1.50 bits per heavy atom.